The van der Waals surface area contributed by atoms with Gasteiger partial charge in [0, 0.05) is 44.0 Å². The number of rotatable bonds is 4. The van der Waals surface area contributed by atoms with Crippen LogP contribution in [0.15, 0.2) is 47.7 Å². The molecule has 0 spiro atoms. The zero-order valence-corrected chi connectivity index (χ0v) is 19.0. The predicted molar refractivity (Wildman–Crippen MR) is 128 cm³/mol. The first kappa shape index (κ1) is 20.3. The summed E-state index contributed by atoms with van der Waals surface area (Å²) in [6.45, 7) is 4.66. The SMILES string of the molecule is CCn1cc(-n2c(=O)n(C)c3cnc4ccc(-c5cnc(NC)c(Cl)c5)cc4c32)c(C)n1. The second-order valence-corrected chi connectivity index (χ2v) is 8.07. The van der Waals surface area contributed by atoms with E-state index in [1.165, 1.54) is 0 Å². The van der Waals surface area contributed by atoms with Crippen molar-refractivity contribution in [2.45, 2.75) is 20.4 Å². The van der Waals surface area contributed by atoms with Gasteiger partial charge in [-0.15, -0.1) is 0 Å². The second-order valence-electron chi connectivity index (χ2n) is 7.66. The molecule has 162 valence electrons. The molecule has 5 aromatic rings. The van der Waals surface area contributed by atoms with Gasteiger partial charge in [-0.25, -0.2) is 9.78 Å². The van der Waals surface area contributed by atoms with Crippen molar-refractivity contribution in [1.29, 1.82) is 0 Å². The van der Waals surface area contributed by atoms with Crippen LogP contribution in [0, 0.1) is 6.92 Å². The van der Waals surface area contributed by atoms with Gasteiger partial charge in [0.25, 0.3) is 0 Å². The van der Waals surface area contributed by atoms with Gasteiger partial charge in [-0.05, 0) is 37.6 Å². The van der Waals surface area contributed by atoms with Gasteiger partial charge in [-0.2, -0.15) is 5.10 Å². The first-order chi connectivity index (χ1) is 15.4. The number of aromatic nitrogens is 6. The largest absolute Gasteiger partial charge is 0.372 e. The van der Waals surface area contributed by atoms with Crippen LogP contribution in [0.4, 0.5) is 5.82 Å². The van der Waals surface area contributed by atoms with Crippen LogP contribution in [0.1, 0.15) is 12.6 Å². The van der Waals surface area contributed by atoms with Crippen LogP contribution in [-0.4, -0.2) is 35.9 Å². The molecule has 5 rings (SSSR count). The summed E-state index contributed by atoms with van der Waals surface area (Å²) < 4.78 is 5.19. The third-order valence-electron chi connectivity index (χ3n) is 5.78. The molecule has 0 atom stereocenters. The van der Waals surface area contributed by atoms with Crippen molar-refractivity contribution in [3.8, 4) is 16.8 Å². The van der Waals surface area contributed by atoms with Crippen LogP contribution >= 0.6 is 11.6 Å². The molecule has 0 bridgehead atoms. The number of imidazole rings is 1. The number of pyridine rings is 2. The highest BCUT2D eigenvalue weighted by Crippen LogP contribution is 2.32. The molecule has 32 heavy (non-hydrogen) atoms. The lowest BCUT2D eigenvalue weighted by Gasteiger charge is -2.09. The summed E-state index contributed by atoms with van der Waals surface area (Å²) in [5.41, 5.74) is 5.60. The third-order valence-corrected chi connectivity index (χ3v) is 6.07. The Hall–Kier alpha value is -3.65. The van der Waals surface area contributed by atoms with Crippen LogP contribution in [0.3, 0.4) is 0 Å². The maximum absolute atomic E-state index is 13.3. The Labute approximate surface area is 189 Å². The van der Waals surface area contributed by atoms with Crippen molar-refractivity contribution >= 4 is 39.4 Å². The molecule has 0 aliphatic heterocycles. The maximum atomic E-state index is 13.3. The molecule has 8 nitrogen and oxygen atoms in total. The first-order valence-corrected chi connectivity index (χ1v) is 10.7. The molecule has 9 heteroatoms. The fourth-order valence-corrected chi connectivity index (χ4v) is 4.33. The average Bonchev–Trinajstić information content (AvgIpc) is 3.30. The van der Waals surface area contributed by atoms with Crippen molar-refractivity contribution < 1.29 is 0 Å². The van der Waals surface area contributed by atoms with Crippen LogP contribution in [0.5, 0.6) is 0 Å². The molecule has 0 aliphatic carbocycles. The van der Waals surface area contributed by atoms with E-state index in [0.29, 0.717) is 10.8 Å². The fraction of sp³-hybridized carbons (Fsp3) is 0.217. The van der Waals surface area contributed by atoms with E-state index in [2.05, 4.69) is 20.4 Å². The van der Waals surface area contributed by atoms with Gasteiger partial charge in [0.1, 0.15) is 5.82 Å². The highest BCUT2D eigenvalue weighted by atomic mass is 35.5. The quantitative estimate of drug-likeness (QED) is 0.447. The molecule has 0 fully saturated rings. The van der Waals surface area contributed by atoms with Crippen LogP contribution in [0.2, 0.25) is 5.02 Å². The summed E-state index contributed by atoms with van der Waals surface area (Å²) in [6, 6.07) is 7.85. The molecular formula is C23H22ClN7O. The molecule has 0 radical (unpaired) electrons. The maximum Gasteiger partial charge on any atom is 0.333 e. The minimum absolute atomic E-state index is 0.137. The smallest absolute Gasteiger partial charge is 0.333 e. The Morgan fingerprint density at radius 2 is 1.94 bits per heavy atom. The second kappa shape index (κ2) is 7.49. The van der Waals surface area contributed by atoms with Crippen molar-refractivity contribution in [3.05, 3.63) is 64.1 Å². The highest BCUT2D eigenvalue weighted by Gasteiger charge is 2.19. The van der Waals surface area contributed by atoms with Gasteiger partial charge in [0.15, 0.2) is 0 Å². The summed E-state index contributed by atoms with van der Waals surface area (Å²) in [5, 5.41) is 8.92. The lowest BCUT2D eigenvalue weighted by atomic mass is 10.0. The molecule has 0 amide bonds. The van der Waals surface area contributed by atoms with Crippen LogP contribution in [0.25, 0.3) is 38.8 Å². The zero-order valence-electron chi connectivity index (χ0n) is 18.2. The summed E-state index contributed by atoms with van der Waals surface area (Å²) in [7, 11) is 3.54. The van der Waals surface area contributed by atoms with E-state index >= 15 is 0 Å². The van der Waals surface area contributed by atoms with E-state index in [1.807, 2.05) is 49.0 Å². The van der Waals surface area contributed by atoms with E-state index in [1.54, 1.807) is 35.6 Å². The van der Waals surface area contributed by atoms with Crippen LogP contribution < -0.4 is 11.0 Å². The van der Waals surface area contributed by atoms with Gasteiger partial charge in [-0.3, -0.25) is 18.8 Å². The number of aryl methyl sites for hydroxylation is 3. The normalized spacial score (nSPS) is 11.5. The van der Waals surface area contributed by atoms with E-state index < -0.39 is 0 Å². The third kappa shape index (κ3) is 2.98. The Kier molecular flexibility index (Phi) is 4.74. The Balaban J connectivity index is 1.83. The molecule has 1 N–H and O–H groups in total. The average molecular weight is 448 g/mol. The molecule has 0 unspecified atom stereocenters. The lowest BCUT2D eigenvalue weighted by Crippen LogP contribution is -2.21. The minimum Gasteiger partial charge on any atom is -0.372 e. The van der Waals surface area contributed by atoms with Crippen molar-refractivity contribution in [1.82, 2.24) is 28.9 Å². The number of hydrogen-bond acceptors (Lipinski definition) is 5. The zero-order chi connectivity index (χ0) is 22.6. The molecule has 1 aromatic carbocycles. The molecule has 0 saturated heterocycles. The number of hydrogen-bond donors (Lipinski definition) is 1. The summed E-state index contributed by atoms with van der Waals surface area (Å²) >= 11 is 6.36. The Morgan fingerprint density at radius 1 is 1.12 bits per heavy atom. The van der Waals surface area contributed by atoms with Gasteiger partial charge in [0.2, 0.25) is 0 Å². The van der Waals surface area contributed by atoms with E-state index in [4.69, 9.17) is 11.6 Å². The molecule has 0 saturated carbocycles. The monoisotopic (exact) mass is 447 g/mol. The number of anilines is 1. The van der Waals surface area contributed by atoms with Gasteiger partial charge < -0.3 is 5.32 Å². The molecular weight excluding hydrogens is 426 g/mol. The van der Waals surface area contributed by atoms with Crippen molar-refractivity contribution in [3.63, 3.8) is 0 Å². The van der Waals surface area contributed by atoms with Gasteiger partial charge in [0.05, 0.1) is 39.2 Å². The van der Waals surface area contributed by atoms with E-state index in [0.717, 1.165) is 51.0 Å². The Bertz CT molecular complexity index is 1560. The molecule has 4 aromatic heterocycles. The van der Waals surface area contributed by atoms with Gasteiger partial charge in [-0.1, -0.05) is 17.7 Å². The van der Waals surface area contributed by atoms with Crippen LogP contribution in [-0.2, 0) is 13.6 Å². The minimum atomic E-state index is -0.137. The predicted octanol–water partition coefficient (Wildman–Crippen LogP) is 4.16. The van der Waals surface area contributed by atoms with Crippen molar-refractivity contribution in [2.75, 3.05) is 12.4 Å². The number of nitrogens with one attached hydrogen (secondary N) is 1. The lowest BCUT2D eigenvalue weighted by molar-refractivity contribution is 0.653. The fourth-order valence-electron chi connectivity index (χ4n) is 4.07. The topological polar surface area (TPSA) is 82.6 Å². The summed E-state index contributed by atoms with van der Waals surface area (Å²) in [5.74, 6) is 0.626. The van der Waals surface area contributed by atoms with E-state index in [9.17, 15) is 4.79 Å². The number of halogens is 1. The first-order valence-electron chi connectivity index (χ1n) is 10.3. The summed E-state index contributed by atoms with van der Waals surface area (Å²) in [6.07, 6.45) is 5.43. The van der Waals surface area contributed by atoms with Crippen molar-refractivity contribution in [2.24, 2.45) is 7.05 Å². The number of nitrogens with zero attached hydrogens (tertiary/aromatic N) is 6. The number of benzene rings is 1. The summed E-state index contributed by atoms with van der Waals surface area (Å²) in [4.78, 5) is 22.3. The Morgan fingerprint density at radius 3 is 2.62 bits per heavy atom. The standard InChI is InChI=1S/C23H22ClN7O/c1-5-30-12-20(13(2)28-30)31-21-16-8-14(15-9-17(24)22(25-3)27-10-15)6-7-18(16)26-11-19(21)29(4)23(31)32/h6-12H,5H2,1-4H3,(H,25,27). The highest BCUT2D eigenvalue weighted by molar-refractivity contribution is 6.33. The number of fused-ring (bicyclic) bond motifs is 3. The molecule has 0 aliphatic rings. The van der Waals surface area contributed by atoms with E-state index in [-0.39, 0.29) is 5.69 Å². The van der Waals surface area contributed by atoms with Gasteiger partial charge >= 0.3 is 5.69 Å². The molecule has 4 heterocycles.